The number of benzene rings is 1. The zero-order valence-corrected chi connectivity index (χ0v) is 9.64. The third kappa shape index (κ3) is 2.09. The van der Waals surface area contributed by atoms with Gasteiger partial charge in [-0.15, -0.1) is 0 Å². The molecule has 0 bridgehead atoms. The van der Waals surface area contributed by atoms with Crippen LogP contribution in [-0.2, 0) is 0 Å². The van der Waals surface area contributed by atoms with E-state index in [-0.39, 0.29) is 6.04 Å². The van der Waals surface area contributed by atoms with Gasteiger partial charge in [-0.3, -0.25) is 4.90 Å². The Labute approximate surface area is 95.9 Å². The van der Waals surface area contributed by atoms with Crippen molar-refractivity contribution in [2.75, 3.05) is 19.8 Å². The number of aromatic amines is 1. The Morgan fingerprint density at radius 1 is 1.06 bits per heavy atom. The van der Waals surface area contributed by atoms with E-state index in [2.05, 4.69) is 42.2 Å². The number of hydrogen-bond acceptors (Lipinski definition) is 2. The van der Waals surface area contributed by atoms with Crippen molar-refractivity contribution in [3.8, 4) is 0 Å². The number of rotatable bonds is 3. The van der Waals surface area contributed by atoms with Crippen molar-refractivity contribution in [2.45, 2.75) is 6.04 Å². The van der Waals surface area contributed by atoms with Crippen LogP contribution in [0, 0.1) is 0 Å². The Balaban J connectivity index is 2.37. The molecule has 3 nitrogen and oxygen atoms in total. The molecule has 84 valence electrons. The molecule has 16 heavy (non-hydrogen) atoms. The van der Waals surface area contributed by atoms with E-state index in [1.54, 1.807) is 0 Å². The summed E-state index contributed by atoms with van der Waals surface area (Å²) in [5, 5.41) is 0. The van der Waals surface area contributed by atoms with Crippen molar-refractivity contribution in [3.05, 3.63) is 53.9 Å². The van der Waals surface area contributed by atoms with E-state index in [4.69, 9.17) is 5.73 Å². The average Bonchev–Trinajstić information content (AvgIpc) is 2.74. The summed E-state index contributed by atoms with van der Waals surface area (Å²) < 4.78 is 0. The van der Waals surface area contributed by atoms with Crippen molar-refractivity contribution in [2.24, 2.45) is 0 Å². The van der Waals surface area contributed by atoms with Crippen LogP contribution in [0.15, 0.2) is 42.7 Å². The van der Waals surface area contributed by atoms with Gasteiger partial charge in [0.15, 0.2) is 0 Å². The van der Waals surface area contributed by atoms with Crippen molar-refractivity contribution in [1.29, 1.82) is 0 Å². The van der Waals surface area contributed by atoms with Crippen LogP contribution in [0.3, 0.4) is 0 Å². The first-order valence-electron chi connectivity index (χ1n) is 5.33. The predicted molar refractivity (Wildman–Crippen MR) is 67.2 cm³/mol. The second-order valence-electron chi connectivity index (χ2n) is 4.18. The van der Waals surface area contributed by atoms with Gasteiger partial charge < -0.3 is 10.7 Å². The number of aromatic nitrogens is 1. The molecule has 0 amide bonds. The van der Waals surface area contributed by atoms with Gasteiger partial charge in [-0.05, 0) is 43.4 Å². The number of nitrogen functional groups attached to an aromatic ring is 1. The number of nitrogens with two attached hydrogens (primary N) is 1. The monoisotopic (exact) mass is 215 g/mol. The molecule has 0 saturated heterocycles. The highest BCUT2D eigenvalue weighted by Gasteiger charge is 2.16. The SMILES string of the molecule is CN(C)C(c1ccc(N)cc1)c1cc[nH]c1. The Bertz CT molecular complexity index is 429. The molecule has 2 rings (SSSR count). The van der Waals surface area contributed by atoms with E-state index in [1.807, 2.05) is 24.5 Å². The van der Waals surface area contributed by atoms with E-state index in [0.717, 1.165) is 5.69 Å². The lowest BCUT2D eigenvalue weighted by Gasteiger charge is -2.24. The van der Waals surface area contributed by atoms with Gasteiger partial charge in [-0.25, -0.2) is 0 Å². The maximum absolute atomic E-state index is 5.70. The molecule has 0 fully saturated rings. The fourth-order valence-corrected chi connectivity index (χ4v) is 1.97. The minimum Gasteiger partial charge on any atom is -0.399 e. The normalized spacial score (nSPS) is 12.9. The molecule has 0 spiro atoms. The zero-order valence-electron chi connectivity index (χ0n) is 9.64. The molecule has 3 heteroatoms. The van der Waals surface area contributed by atoms with Gasteiger partial charge in [0, 0.05) is 18.1 Å². The number of hydrogen-bond donors (Lipinski definition) is 2. The van der Waals surface area contributed by atoms with Gasteiger partial charge in [-0.2, -0.15) is 0 Å². The smallest absolute Gasteiger partial charge is 0.0611 e. The van der Waals surface area contributed by atoms with E-state index >= 15 is 0 Å². The van der Waals surface area contributed by atoms with Gasteiger partial charge in [0.2, 0.25) is 0 Å². The second kappa shape index (κ2) is 4.41. The van der Waals surface area contributed by atoms with Crippen LogP contribution < -0.4 is 5.73 Å². The van der Waals surface area contributed by atoms with Crippen LogP contribution in [0.4, 0.5) is 5.69 Å². The molecule has 0 aliphatic rings. The van der Waals surface area contributed by atoms with Gasteiger partial charge in [-0.1, -0.05) is 12.1 Å². The molecule has 1 atom stereocenters. The molecule has 1 aromatic heterocycles. The molecular formula is C13H17N3. The van der Waals surface area contributed by atoms with Gasteiger partial charge in [0.1, 0.15) is 0 Å². The molecule has 3 N–H and O–H groups in total. The molecule has 0 aliphatic heterocycles. The van der Waals surface area contributed by atoms with E-state index < -0.39 is 0 Å². The fourth-order valence-electron chi connectivity index (χ4n) is 1.97. The third-order valence-electron chi connectivity index (χ3n) is 2.71. The maximum atomic E-state index is 5.70. The topological polar surface area (TPSA) is 45.0 Å². The lowest BCUT2D eigenvalue weighted by atomic mass is 10.00. The standard InChI is InChI=1S/C13H17N3/c1-16(2)13(11-7-8-15-9-11)10-3-5-12(14)6-4-10/h3-9,13,15H,14H2,1-2H3. The van der Waals surface area contributed by atoms with Crippen LogP contribution in [0.25, 0.3) is 0 Å². The first-order chi connectivity index (χ1) is 7.68. The lowest BCUT2D eigenvalue weighted by molar-refractivity contribution is 0.342. The number of H-pyrrole nitrogens is 1. The van der Waals surface area contributed by atoms with E-state index in [0.29, 0.717) is 0 Å². The average molecular weight is 215 g/mol. The van der Waals surface area contributed by atoms with Gasteiger partial charge in [0.05, 0.1) is 6.04 Å². The summed E-state index contributed by atoms with van der Waals surface area (Å²) in [6.45, 7) is 0. The summed E-state index contributed by atoms with van der Waals surface area (Å²) in [5.74, 6) is 0. The van der Waals surface area contributed by atoms with E-state index in [9.17, 15) is 0 Å². The summed E-state index contributed by atoms with van der Waals surface area (Å²) in [6, 6.07) is 10.4. The molecule has 2 aromatic rings. The molecule has 1 heterocycles. The van der Waals surface area contributed by atoms with Crippen molar-refractivity contribution in [3.63, 3.8) is 0 Å². The number of nitrogens with zero attached hydrogens (tertiary/aromatic N) is 1. The third-order valence-corrected chi connectivity index (χ3v) is 2.71. The first kappa shape index (κ1) is 10.8. The summed E-state index contributed by atoms with van der Waals surface area (Å²) in [7, 11) is 4.15. The quantitative estimate of drug-likeness (QED) is 0.771. The van der Waals surface area contributed by atoms with Gasteiger partial charge >= 0.3 is 0 Å². The Hall–Kier alpha value is -1.74. The van der Waals surface area contributed by atoms with E-state index in [1.165, 1.54) is 11.1 Å². The van der Waals surface area contributed by atoms with Crippen molar-refractivity contribution < 1.29 is 0 Å². The molecule has 0 radical (unpaired) electrons. The highest BCUT2D eigenvalue weighted by molar-refractivity contribution is 5.42. The first-order valence-corrected chi connectivity index (χ1v) is 5.33. The van der Waals surface area contributed by atoms with Crippen LogP contribution in [0.5, 0.6) is 0 Å². The second-order valence-corrected chi connectivity index (χ2v) is 4.18. The van der Waals surface area contributed by atoms with Crippen LogP contribution in [0.2, 0.25) is 0 Å². The zero-order chi connectivity index (χ0) is 11.5. The van der Waals surface area contributed by atoms with Crippen LogP contribution in [0.1, 0.15) is 17.2 Å². The van der Waals surface area contributed by atoms with Gasteiger partial charge in [0.25, 0.3) is 0 Å². The maximum Gasteiger partial charge on any atom is 0.0611 e. The summed E-state index contributed by atoms with van der Waals surface area (Å²) >= 11 is 0. The highest BCUT2D eigenvalue weighted by Crippen LogP contribution is 2.26. The molecule has 0 aliphatic carbocycles. The Morgan fingerprint density at radius 2 is 1.75 bits per heavy atom. The molecule has 1 aromatic carbocycles. The summed E-state index contributed by atoms with van der Waals surface area (Å²) in [4.78, 5) is 5.28. The summed E-state index contributed by atoms with van der Waals surface area (Å²) in [5.41, 5.74) is 9.01. The minimum absolute atomic E-state index is 0.270. The van der Waals surface area contributed by atoms with Crippen LogP contribution in [-0.4, -0.2) is 24.0 Å². The number of nitrogens with one attached hydrogen (secondary N) is 1. The minimum atomic E-state index is 0.270. The summed E-state index contributed by atoms with van der Waals surface area (Å²) in [6.07, 6.45) is 3.98. The Morgan fingerprint density at radius 3 is 2.25 bits per heavy atom. The predicted octanol–water partition coefficient (Wildman–Crippen LogP) is 2.25. The largest absolute Gasteiger partial charge is 0.399 e. The molecule has 1 unspecified atom stereocenters. The highest BCUT2D eigenvalue weighted by atomic mass is 15.1. The number of anilines is 1. The molecule has 0 saturated carbocycles. The Kier molecular flexibility index (Phi) is 2.97. The van der Waals surface area contributed by atoms with Crippen molar-refractivity contribution >= 4 is 5.69 Å². The van der Waals surface area contributed by atoms with Crippen LogP contribution >= 0.6 is 0 Å². The van der Waals surface area contributed by atoms with Crippen molar-refractivity contribution in [1.82, 2.24) is 9.88 Å². The fraction of sp³-hybridized carbons (Fsp3) is 0.231. The molecular weight excluding hydrogens is 198 g/mol. The lowest BCUT2D eigenvalue weighted by Crippen LogP contribution is -2.20.